The number of ether oxygens (including phenoxy) is 1. The standard InChI is InChI=1S/C14H19BrN2O3S/c1-8-11-7-17(21(18,19)14(2,3)4)12(8)9-5-16-6-10(15)13(9)20-11/h5-6,8,11-12H,7H2,1-4H3/t8-,11+,12-/m1/s1. The molecule has 0 unspecified atom stereocenters. The highest BCUT2D eigenvalue weighted by Gasteiger charge is 2.53. The van der Waals surface area contributed by atoms with Crippen LogP contribution in [-0.2, 0) is 10.0 Å². The van der Waals surface area contributed by atoms with E-state index in [9.17, 15) is 8.42 Å². The molecule has 1 fully saturated rings. The molecule has 2 aliphatic heterocycles. The van der Waals surface area contributed by atoms with Gasteiger partial charge in [-0.1, -0.05) is 6.92 Å². The number of hydrogen-bond acceptors (Lipinski definition) is 4. The van der Waals surface area contributed by atoms with Crippen molar-refractivity contribution in [3.63, 3.8) is 0 Å². The van der Waals surface area contributed by atoms with Crippen molar-refractivity contribution in [2.75, 3.05) is 6.54 Å². The number of sulfonamides is 1. The van der Waals surface area contributed by atoms with Crippen molar-refractivity contribution in [1.82, 2.24) is 9.29 Å². The zero-order valence-corrected chi connectivity index (χ0v) is 14.9. The predicted octanol–water partition coefficient (Wildman–Crippen LogP) is 2.73. The molecular formula is C14H19BrN2O3S. The van der Waals surface area contributed by atoms with Gasteiger partial charge in [-0.05, 0) is 36.7 Å². The van der Waals surface area contributed by atoms with E-state index >= 15 is 0 Å². The van der Waals surface area contributed by atoms with Crippen molar-refractivity contribution in [3.05, 3.63) is 22.4 Å². The molecule has 0 saturated carbocycles. The first kappa shape index (κ1) is 15.2. The molecule has 21 heavy (non-hydrogen) atoms. The van der Waals surface area contributed by atoms with Crippen LogP contribution in [-0.4, -0.2) is 35.1 Å². The highest BCUT2D eigenvalue weighted by molar-refractivity contribution is 9.10. The second kappa shape index (κ2) is 4.67. The van der Waals surface area contributed by atoms with Gasteiger partial charge in [-0.15, -0.1) is 0 Å². The molecule has 0 radical (unpaired) electrons. The Morgan fingerprint density at radius 1 is 1.38 bits per heavy atom. The van der Waals surface area contributed by atoms with Crippen LogP contribution in [0.25, 0.3) is 0 Å². The maximum atomic E-state index is 12.9. The molecule has 3 rings (SSSR count). The van der Waals surface area contributed by atoms with Crippen LogP contribution in [0.15, 0.2) is 16.9 Å². The van der Waals surface area contributed by atoms with Crippen LogP contribution in [0.3, 0.4) is 0 Å². The number of rotatable bonds is 1. The van der Waals surface area contributed by atoms with Gasteiger partial charge in [0.05, 0.1) is 21.8 Å². The van der Waals surface area contributed by atoms with Crippen molar-refractivity contribution < 1.29 is 13.2 Å². The Morgan fingerprint density at radius 2 is 2.05 bits per heavy atom. The molecule has 2 bridgehead atoms. The quantitative estimate of drug-likeness (QED) is 0.757. The van der Waals surface area contributed by atoms with Crippen molar-refractivity contribution in [2.45, 2.75) is 44.6 Å². The molecule has 3 heterocycles. The van der Waals surface area contributed by atoms with E-state index in [0.29, 0.717) is 6.54 Å². The summed E-state index contributed by atoms with van der Waals surface area (Å²) in [6.45, 7) is 7.63. The van der Waals surface area contributed by atoms with Gasteiger partial charge in [0.25, 0.3) is 0 Å². The lowest BCUT2D eigenvalue weighted by molar-refractivity contribution is 0.151. The minimum absolute atomic E-state index is 0.113. The van der Waals surface area contributed by atoms with Crippen molar-refractivity contribution in [1.29, 1.82) is 0 Å². The molecular weight excluding hydrogens is 356 g/mol. The minimum Gasteiger partial charge on any atom is -0.487 e. The van der Waals surface area contributed by atoms with Gasteiger partial charge in [0.15, 0.2) is 0 Å². The summed E-state index contributed by atoms with van der Waals surface area (Å²) in [5.74, 6) is 0.843. The molecule has 1 saturated heterocycles. The van der Waals surface area contributed by atoms with E-state index in [2.05, 4.69) is 20.9 Å². The van der Waals surface area contributed by atoms with E-state index < -0.39 is 14.8 Å². The minimum atomic E-state index is -3.41. The molecule has 5 nitrogen and oxygen atoms in total. The Kier molecular flexibility index (Phi) is 3.39. The largest absolute Gasteiger partial charge is 0.487 e. The van der Waals surface area contributed by atoms with Gasteiger partial charge >= 0.3 is 0 Å². The summed E-state index contributed by atoms with van der Waals surface area (Å²) in [4.78, 5) is 4.18. The van der Waals surface area contributed by atoms with Crippen LogP contribution in [0.4, 0.5) is 0 Å². The fourth-order valence-corrected chi connectivity index (χ4v) is 5.12. The summed E-state index contributed by atoms with van der Waals surface area (Å²) >= 11 is 3.44. The van der Waals surface area contributed by atoms with Gasteiger partial charge in [0.2, 0.25) is 10.0 Å². The van der Waals surface area contributed by atoms with Crippen LogP contribution in [0, 0.1) is 5.92 Å². The van der Waals surface area contributed by atoms with E-state index in [0.717, 1.165) is 15.8 Å². The third-order valence-corrected chi connectivity index (χ3v) is 7.41. The first-order valence-corrected chi connectivity index (χ1v) is 9.19. The number of aromatic nitrogens is 1. The maximum absolute atomic E-state index is 12.9. The van der Waals surface area contributed by atoms with Gasteiger partial charge in [-0.25, -0.2) is 8.42 Å². The summed E-state index contributed by atoms with van der Waals surface area (Å²) in [7, 11) is -3.41. The van der Waals surface area contributed by atoms with Crippen LogP contribution in [0.2, 0.25) is 0 Å². The normalized spacial score (nSPS) is 29.1. The Labute approximate surface area is 133 Å². The highest BCUT2D eigenvalue weighted by atomic mass is 79.9. The Bertz CT molecular complexity index is 684. The van der Waals surface area contributed by atoms with Crippen LogP contribution >= 0.6 is 15.9 Å². The van der Waals surface area contributed by atoms with E-state index in [1.54, 1.807) is 37.5 Å². The fourth-order valence-electron chi connectivity index (χ4n) is 3.03. The van der Waals surface area contributed by atoms with Gasteiger partial charge in [-0.2, -0.15) is 4.31 Å². The van der Waals surface area contributed by atoms with Gasteiger partial charge in [0.1, 0.15) is 11.9 Å². The molecule has 1 aromatic rings. The summed E-state index contributed by atoms with van der Waals surface area (Å²) < 4.78 is 33.3. The monoisotopic (exact) mass is 374 g/mol. The Morgan fingerprint density at radius 3 is 2.67 bits per heavy atom. The SMILES string of the molecule is C[C@@H]1[C@@H]2CN(S(=O)(=O)C(C)(C)C)[C@H]1c1cncc(Br)c1O2. The number of nitrogens with zero attached hydrogens (tertiary/aromatic N) is 2. The maximum Gasteiger partial charge on any atom is 0.219 e. The molecule has 0 aromatic carbocycles. The average Bonchev–Trinajstić information content (AvgIpc) is 2.59. The lowest BCUT2D eigenvalue weighted by Crippen LogP contribution is -2.43. The van der Waals surface area contributed by atoms with Crippen LogP contribution in [0.5, 0.6) is 5.75 Å². The third-order valence-electron chi connectivity index (χ3n) is 4.31. The molecule has 3 atom stereocenters. The second-order valence-corrected chi connectivity index (χ2v) is 10.2. The second-order valence-electron chi connectivity index (χ2n) is 6.69. The third kappa shape index (κ3) is 2.12. The zero-order valence-electron chi connectivity index (χ0n) is 12.5. The average molecular weight is 375 g/mol. The lowest BCUT2D eigenvalue weighted by Gasteiger charge is -2.34. The number of hydrogen-bond donors (Lipinski definition) is 0. The van der Waals surface area contributed by atoms with Gasteiger partial charge < -0.3 is 4.74 Å². The molecule has 0 spiro atoms. The summed E-state index contributed by atoms with van der Waals surface area (Å²) in [6.07, 6.45) is 3.28. The number of halogens is 1. The van der Waals surface area contributed by atoms with E-state index in [1.807, 2.05) is 6.92 Å². The number of pyridine rings is 1. The number of fused-ring (bicyclic) bond motifs is 4. The summed E-state index contributed by atoms with van der Waals surface area (Å²) in [5.41, 5.74) is 0.846. The molecule has 0 aliphatic carbocycles. The Hall–Kier alpha value is -0.660. The van der Waals surface area contributed by atoms with Crippen molar-refractivity contribution in [3.8, 4) is 5.75 Å². The first-order valence-electron chi connectivity index (χ1n) is 6.96. The lowest BCUT2D eigenvalue weighted by atomic mass is 9.92. The molecule has 1 aromatic heterocycles. The molecule has 0 N–H and O–H groups in total. The van der Waals surface area contributed by atoms with Gasteiger partial charge in [-0.3, -0.25) is 4.98 Å². The smallest absolute Gasteiger partial charge is 0.219 e. The molecule has 7 heteroatoms. The molecule has 2 aliphatic rings. The van der Waals surface area contributed by atoms with Crippen LogP contribution < -0.4 is 4.74 Å². The molecule has 0 amide bonds. The molecule has 116 valence electrons. The van der Waals surface area contributed by atoms with Gasteiger partial charge in [0, 0.05) is 23.9 Å². The van der Waals surface area contributed by atoms with E-state index in [1.165, 1.54) is 0 Å². The fraction of sp³-hybridized carbons (Fsp3) is 0.643. The van der Waals surface area contributed by atoms with E-state index in [-0.39, 0.29) is 18.1 Å². The van der Waals surface area contributed by atoms with Crippen molar-refractivity contribution >= 4 is 26.0 Å². The van der Waals surface area contributed by atoms with Crippen molar-refractivity contribution in [2.24, 2.45) is 5.92 Å². The Balaban J connectivity index is 2.13. The predicted molar refractivity (Wildman–Crippen MR) is 83.6 cm³/mol. The summed E-state index contributed by atoms with van der Waals surface area (Å²) in [6, 6.07) is -0.201. The first-order chi connectivity index (χ1) is 9.64. The zero-order chi connectivity index (χ0) is 15.6. The van der Waals surface area contributed by atoms with Crippen LogP contribution in [0.1, 0.15) is 39.3 Å². The summed E-state index contributed by atoms with van der Waals surface area (Å²) in [5, 5.41) is 0. The highest BCUT2D eigenvalue weighted by Crippen LogP contribution is 2.51. The van der Waals surface area contributed by atoms with E-state index in [4.69, 9.17) is 4.74 Å². The topological polar surface area (TPSA) is 59.5 Å².